The molecule has 3 aromatic rings. The summed E-state index contributed by atoms with van der Waals surface area (Å²) in [5.74, 6) is -0.127. The molecule has 10 heteroatoms. The van der Waals surface area contributed by atoms with Gasteiger partial charge in [-0.25, -0.2) is 5.43 Å². The Morgan fingerprint density at radius 2 is 1.75 bits per heavy atom. The summed E-state index contributed by atoms with van der Waals surface area (Å²) in [6.07, 6.45) is 1.41. The average molecular weight is 585 g/mol. The van der Waals surface area contributed by atoms with Crippen molar-refractivity contribution in [2.24, 2.45) is 5.10 Å². The van der Waals surface area contributed by atoms with Crippen molar-refractivity contribution in [3.8, 4) is 11.5 Å². The van der Waals surface area contributed by atoms with Gasteiger partial charge >= 0.3 is 10.1 Å². The van der Waals surface area contributed by atoms with Crippen LogP contribution < -0.4 is 14.3 Å². The molecule has 0 aliphatic carbocycles. The normalized spacial score (nSPS) is 11.4. The van der Waals surface area contributed by atoms with Crippen LogP contribution in [-0.2, 0) is 10.1 Å². The fourth-order valence-corrected chi connectivity index (χ4v) is 4.56. The largest absolute Gasteiger partial charge is 0.493 e. The van der Waals surface area contributed by atoms with Gasteiger partial charge in [0, 0.05) is 10.6 Å². The number of hydrazone groups is 1. The van der Waals surface area contributed by atoms with E-state index in [4.69, 9.17) is 20.5 Å². The molecule has 0 aromatic heterocycles. The molecule has 1 amide bonds. The molecule has 7 nitrogen and oxygen atoms in total. The number of nitrogens with one attached hydrogen (secondary N) is 1. The summed E-state index contributed by atoms with van der Waals surface area (Å²) in [5.41, 5.74) is 4.33. The van der Waals surface area contributed by atoms with E-state index in [9.17, 15) is 13.2 Å². The summed E-state index contributed by atoms with van der Waals surface area (Å²) in [4.78, 5) is 12.2. The van der Waals surface area contributed by atoms with Crippen molar-refractivity contribution in [2.75, 3.05) is 7.11 Å². The van der Waals surface area contributed by atoms with Crippen molar-refractivity contribution >= 4 is 56.4 Å². The second-order valence-electron chi connectivity index (χ2n) is 6.59. The van der Waals surface area contributed by atoms with E-state index >= 15 is 0 Å². The predicted molar refractivity (Wildman–Crippen MR) is 131 cm³/mol. The summed E-state index contributed by atoms with van der Waals surface area (Å²) < 4.78 is 36.5. The number of carbonyl (C=O) groups excluding carboxylic acids is 1. The van der Waals surface area contributed by atoms with Gasteiger partial charge in [0.25, 0.3) is 5.91 Å². The van der Waals surface area contributed by atoms with Crippen molar-refractivity contribution in [1.29, 1.82) is 0 Å². The number of hydrogen-bond donors (Lipinski definition) is 1. The first kappa shape index (κ1) is 24.0. The molecule has 0 radical (unpaired) electrons. The lowest BCUT2D eigenvalue weighted by molar-refractivity contribution is 0.0955. The molecule has 32 heavy (non-hydrogen) atoms. The Bertz CT molecular complexity index is 1260. The van der Waals surface area contributed by atoms with Crippen LogP contribution in [0.3, 0.4) is 0 Å². The first-order valence-corrected chi connectivity index (χ1v) is 12.0. The van der Waals surface area contributed by atoms with Crippen molar-refractivity contribution in [3.05, 3.63) is 85.9 Å². The summed E-state index contributed by atoms with van der Waals surface area (Å²) >= 11 is 7.76. The minimum Gasteiger partial charge on any atom is -0.493 e. The van der Waals surface area contributed by atoms with Gasteiger partial charge in [-0.15, -0.1) is 0 Å². The maximum Gasteiger partial charge on any atom is 0.339 e. The van der Waals surface area contributed by atoms with Gasteiger partial charge in [-0.1, -0.05) is 29.3 Å². The van der Waals surface area contributed by atoms with Crippen molar-refractivity contribution in [3.63, 3.8) is 0 Å². The zero-order valence-electron chi connectivity index (χ0n) is 17.0. The highest BCUT2D eigenvalue weighted by molar-refractivity contribution is 14.1. The molecule has 0 aliphatic rings. The molecule has 0 bridgehead atoms. The Hall–Kier alpha value is -2.63. The zero-order chi connectivity index (χ0) is 23.3. The summed E-state index contributed by atoms with van der Waals surface area (Å²) in [6.45, 7) is 1.86. The first-order valence-electron chi connectivity index (χ1n) is 9.17. The Morgan fingerprint density at radius 3 is 2.38 bits per heavy atom. The smallest absolute Gasteiger partial charge is 0.339 e. The van der Waals surface area contributed by atoms with E-state index in [0.29, 0.717) is 19.7 Å². The second kappa shape index (κ2) is 10.3. The number of amides is 1. The molecule has 0 saturated heterocycles. The van der Waals surface area contributed by atoms with E-state index in [1.807, 2.05) is 29.5 Å². The SMILES string of the molecule is COc1cc(/C=N\NC(=O)c2ccc(Cl)cc2)cc(I)c1OS(=O)(=O)c1ccc(C)cc1. The van der Waals surface area contributed by atoms with Crippen LogP contribution in [0.15, 0.2) is 70.7 Å². The van der Waals surface area contributed by atoms with Gasteiger partial charge in [0.15, 0.2) is 11.5 Å². The maximum absolute atomic E-state index is 12.7. The third-order valence-electron chi connectivity index (χ3n) is 4.24. The van der Waals surface area contributed by atoms with Gasteiger partial charge in [-0.2, -0.15) is 13.5 Å². The zero-order valence-corrected chi connectivity index (χ0v) is 20.7. The topological polar surface area (TPSA) is 94.1 Å². The molecule has 3 aromatic carbocycles. The van der Waals surface area contributed by atoms with E-state index in [1.54, 1.807) is 48.5 Å². The second-order valence-corrected chi connectivity index (χ2v) is 9.74. The lowest BCUT2D eigenvalue weighted by atomic mass is 10.2. The third-order valence-corrected chi connectivity index (χ3v) is 6.53. The number of rotatable bonds is 7. The van der Waals surface area contributed by atoms with E-state index < -0.39 is 16.0 Å². The number of carbonyl (C=O) groups is 1. The number of halogens is 2. The quantitative estimate of drug-likeness (QED) is 0.187. The number of hydrogen-bond acceptors (Lipinski definition) is 6. The van der Waals surface area contributed by atoms with Crippen LogP contribution in [0.4, 0.5) is 0 Å². The monoisotopic (exact) mass is 584 g/mol. The van der Waals surface area contributed by atoms with Crippen LogP contribution in [-0.4, -0.2) is 27.6 Å². The number of aryl methyl sites for hydroxylation is 1. The van der Waals surface area contributed by atoms with Crippen molar-refractivity contribution in [1.82, 2.24) is 5.43 Å². The molecule has 0 unspecified atom stereocenters. The van der Waals surface area contributed by atoms with Crippen LogP contribution in [0.1, 0.15) is 21.5 Å². The number of benzene rings is 3. The van der Waals surface area contributed by atoms with E-state index in [1.165, 1.54) is 25.5 Å². The lowest BCUT2D eigenvalue weighted by Gasteiger charge is -2.13. The molecule has 0 aliphatic heterocycles. The lowest BCUT2D eigenvalue weighted by Crippen LogP contribution is -2.17. The highest BCUT2D eigenvalue weighted by atomic mass is 127. The number of methoxy groups -OCH3 is 1. The predicted octanol–water partition coefficient (Wildman–Crippen LogP) is 4.79. The van der Waals surface area contributed by atoms with E-state index in [-0.39, 0.29) is 16.4 Å². The highest BCUT2D eigenvalue weighted by Gasteiger charge is 2.21. The van der Waals surface area contributed by atoms with Gasteiger partial charge in [0.05, 0.1) is 16.9 Å². The standard InChI is InChI=1S/C22H18ClIN2O5S/c1-14-3-9-18(10-4-14)32(28,29)31-21-19(24)11-15(12-20(21)30-2)13-25-26-22(27)16-5-7-17(23)8-6-16/h3-13H,1-2H3,(H,26,27)/b25-13-. The Balaban J connectivity index is 1.78. The van der Waals surface area contributed by atoms with E-state index in [2.05, 4.69) is 10.5 Å². The van der Waals surface area contributed by atoms with Gasteiger partial charge in [0.1, 0.15) is 4.90 Å². The summed E-state index contributed by atoms with van der Waals surface area (Å²) in [6, 6.07) is 15.9. The van der Waals surface area contributed by atoms with Gasteiger partial charge in [-0.05, 0) is 83.6 Å². The van der Waals surface area contributed by atoms with Crippen LogP contribution in [0.2, 0.25) is 5.02 Å². The minimum atomic E-state index is -4.04. The molecule has 0 fully saturated rings. The number of ether oxygens (including phenoxy) is 1. The van der Waals surface area contributed by atoms with Crippen LogP contribution >= 0.6 is 34.2 Å². The molecule has 3 rings (SSSR count). The van der Waals surface area contributed by atoms with Gasteiger partial charge in [-0.3, -0.25) is 4.79 Å². The molecule has 0 saturated carbocycles. The van der Waals surface area contributed by atoms with Gasteiger partial charge in [0.2, 0.25) is 0 Å². The molecule has 1 N–H and O–H groups in total. The molecule has 0 spiro atoms. The van der Waals surface area contributed by atoms with E-state index in [0.717, 1.165) is 5.56 Å². The van der Waals surface area contributed by atoms with Crippen molar-refractivity contribution in [2.45, 2.75) is 11.8 Å². The molecular formula is C22H18ClIN2O5S. The maximum atomic E-state index is 12.7. The van der Waals surface area contributed by atoms with Gasteiger partial charge < -0.3 is 8.92 Å². The number of nitrogens with zero attached hydrogens (tertiary/aromatic N) is 1. The molecule has 166 valence electrons. The third kappa shape index (κ3) is 5.99. The Kier molecular flexibility index (Phi) is 7.75. The fourth-order valence-electron chi connectivity index (χ4n) is 2.59. The van der Waals surface area contributed by atoms with Crippen LogP contribution in [0.25, 0.3) is 0 Å². The highest BCUT2D eigenvalue weighted by Crippen LogP contribution is 2.35. The fraction of sp³-hybridized carbons (Fsp3) is 0.0909. The Morgan fingerprint density at radius 1 is 1.09 bits per heavy atom. The summed E-state index contributed by atoms with van der Waals surface area (Å²) in [5, 5.41) is 4.47. The minimum absolute atomic E-state index is 0.0384. The van der Waals surface area contributed by atoms with Crippen LogP contribution in [0, 0.1) is 10.5 Å². The van der Waals surface area contributed by atoms with Crippen molar-refractivity contribution < 1.29 is 22.1 Å². The molecular weight excluding hydrogens is 567 g/mol. The molecule has 0 heterocycles. The van der Waals surface area contributed by atoms with Crippen LogP contribution in [0.5, 0.6) is 11.5 Å². The first-order chi connectivity index (χ1) is 15.2. The molecule has 0 atom stereocenters. The summed E-state index contributed by atoms with van der Waals surface area (Å²) in [7, 11) is -2.64. The average Bonchev–Trinajstić information content (AvgIpc) is 2.76. The Labute approximate surface area is 204 Å².